The van der Waals surface area contributed by atoms with E-state index in [0.29, 0.717) is 13.1 Å². The number of carbonyl (C=O) groups excluding carboxylic acids is 1. The Morgan fingerprint density at radius 1 is 1.57 bits per heavy atom. The van der Waals surface area contributed by atoms with Crippen molar-refractivity contribution in [2.45, 2.75) is 58.5 Å². The summed E-state index contributed by atoms with van der Waals surface area (Å²) in [6, 6.07) is -0.0250. The van der Waals surface area contributed by atoms with Gasteiger partial charge in [-0.05, 0) is 19.8 Å². The van der Waals surface area contributed by atoms with Crippen LogP contribution in [0.3, 0.4) is 0 Å². The Hall–Kier alpha value is -1.14. The van der Waals surface area contributed by atoms with Crippen LogP contribution in [0.1, 0.15) is 51.2 Å². The molecule has 0 saturated carbocycles. The highest BCUT2D eigenvalue weighted by Gasteiger charge is 2.26. The summed E-state index contributed by atoms with van der Waals surface area (Å²) < 4.78 is 0. The van der Waals surface area contributed by atoms with Gasteiger partial charge in [-0.25, -0.2) is 9.78 Å². The van der Waals surface area contributed by atoms with Crippen molar-refractivity contribution in [3.05, 3.63) is 16.1 Å². The monoisotopic (exact) mass is 339 g/mol. The highest BCUT2D eigenvalue weighted by atomic mass is 32.1. The lowest BCUT2D eigenvalue weighted by atomic mass is 9.93. The number of likely N-dealkylation sites (tertiary alicyclic amines) is 1. The molecule has 0 spiro atoms. The summed E-state index contributed by atoms with van der Waals surface area (Å²) in [5, 5.41) is 15.9. The van der Waals surface area contributed by atoms with Gasteiger partial charge in [0, 0.05) is 42.8 Å². The molecule has 0 aromatic carbocycles. The van der Waals surface area contributed by atoms with Crippen molar-refractivity contribution < 1.29 is 9.90 Å². The van der Waals surface area contributed by atoms with Crippen LogP contribution in [0.15, 0.2) is 5.38 Å². The summed E-state index contributed by atoms with van der Waals surface area (Å²) in [4.78, 5) is 18.7. The lowest BCUT2D eigenvalue weighted by Gasteiger charge is -2.34. The number of thiazole rings is 1. The number of urea groups is 1. The van der Waals surface area contributed by atoms with E-state index in [2.05, 4.69) is 36.5 Å². The SMILES string of the molecule is CC(O)C1CCCN(C(=O)NCCc2nc(C(C)(C)C)cs2)C1. The van der Waals surface area contributed by atoms with E-state index in [9.17, 15) is 9.90 Å². The van der Waals surface area contributed by atoms with Gasteiger partial charge in [0.2, 0.25) is 0 Å². The summed E-state index contributed by atoms with van der Waals surface area (Å²) in [6.45, 7) is 10.3. The molecule has 0 bridgehead atoms. The number of aliphatic hydroxyl groups excluding tert-OH is 1. The van der Waals surface area contributed by atoms with Crippen LogP contribution in [0, 0.1) is 5.92 Å². The third kappa shape index (κ3) is 5.18. The van der Waals surface area contributed by atoms with Crippen molar-refractivity contribution >= 4 is 17.4 Å². The third-order valence-corrected chi connectivity index (χ3v) is 5.27. The highest BCUT2D eigenvalue weighted by molar-refractivity contribution is 7.09. The number of nitrogens with one attached hydrogen (secondary N) is 1. The van der Waals surface area contributed by atoms with Crippen molar-refractivity contribution in [2.75, 3.05) is 19.6 Å². The van der Waals surface area contributed by atoms with E-state index in [-0.39, 0.29) is 23.5 Å². The van der Waals surface area contributed by atoms with Crippen LogP contribution in [0.5, 0.6) is 0 Å². The average Bonchev–Trinajstić information content (AvgIpc) is 2.96. The number of hydrogen-bond acceptors (Lipinski definition) is 4. The first-order valence-electron chi connectivity index (χ1n) is 8.43. The Balaban J connectivity index is 1.77. The number of aromatic nitrogens is 1. The minimum Gasteiger partial charge on any atom is -0.393 e. The average molecular weight is 340 g/mol. The van der Waals surface area contributed by atoms with Crippen molar-refractivity contribution in [3.8, 4) is 0 Å². The molecule has 1 fully saturated rings. The van der Waals surface area contributed by atoms with Gasteiger partial charge in [0.15, 0.2) is 0 Å². The molecule has 1 aromatic heterocycles. The first-order chi connectivity index (χ1) is 10.8. The van der Waals surface area contributed by atoms with Crippen LogP contribution in [0.4, 0.5) is 4.79 Å². The van der Waals surface area contributed by atoms with Gasteiger partial charge in [-0.1, -0.05) is 20.8 Å². The van der Waals surface area contributed by atoms with Crippen LogP contribution in [-0.2, 0) is 11.8 Å². The molecule has 6 heteroatoms. The Labute approximate surface area is 143 Å². The van der Waals surface area contributed by atoms with Gasteiger partial charge in [0.25, 0.3) is 0 Å². The Bertz CT molecular complexity index is 522. The van der Waals surface area contributed by atoms with E-state index in [0.717, 1.165) is 36.5 Å². The topological polar surface area (TPSA) is 65.5 Å². The maximum Gasteiger partial charge on any atom is 0.317 e. The fourth-order valence-electron chi connectivity index (χ4n) is 2.75. The van der Waals surface area contributed by atoms with Gasteiger partial charge in [-0.2, -0.15) is 0 Å². The molecular formula is C17H29N3O2S. The molecular weight excluding hydrogens is 310 g/mol. The van der Waals surface area contributed by atoms with Gasteiger partial charge in [0.05, 0.1) is 16.8 Å². The first-order valence-corrected chi connectivity index (χ1v) is 9.31. The Kier molecular flexibility index (Phi) is 6.03. The van der Waals surface area contributed by atoms with E-state index < -0.39 is 0 Å². The van der Waals surface area contributed by atoms with E-state index >= 15 is 0 Å². The van der Waals surface area contributed by atoms with Crippen molar-refractivity contribution in [3.63, 3.8) is 0 Å². The first kappa shape index (κ1) is 18.2. The normalized spacial score (nSPS) is 20.4. The summed E-state index contributed by atoms with van der Waals surface area (Å²) >= 11 is 1.66. The number of carbonyl (C=O) groups is 1. The molecule has 2 heterocycles. The van der Waals surface area contributed by atoms with Crippen LogP contribution < -0.4 is 5.32 Å². The zero-order chi connectivity index (χ0) is 17.0. The standard InChI is InChI=1S/C17H29N3O2S/c1-12(21)13-6-5-9-20(10-13)16(22)18-8-7-15-19-14(11-23-15)17(2,3)4/h11-13,21H,5-10H2,1-4H3,(H,18,22). The van der Waals surface area contributed by atoms with Crippen molar-refractivity contribution in [2.24, 2.45) is 5.92 Å². The molecule has 0 radical (unpaired) electrons. The lowest BCUT2D eigenvalue weighted by Crippen LogP contribution is -2.47. The molecule has 2 amide bonds. The number of nitrogens with zero attached hydrogens (tertiary/aromatic N) is 2. The Morgan fingerprint density at radius 3 is 2.91 bits per heavy atom. The van der Waals surface area contributed by atoms with E-state index in [4.69, 9.17) is 0 Å². The Morgan fingerprint density at radius 2 is 2.30 bits per heavy atom. The quantitative estimate of drug-likeness (QED) is 0.886. The predicted octanol–water partition coefficient (Wildman–Crippen LogP) is 2.79. The maximum atomic E-state index is 12.2. The van der Waals surface area contributed by atoms with Crippen LogP contribution >= 0.6 is 11.3 Å². The second-order valence-electron chi connectivity index (χ2n) is 7.45. The van der Waals surface area contributed by atoms with Crippen LogP contribution in [-0.4, -0.2) is 46.8 Å². The summed E-state index contributed by atoms with van der Waals surface area (Å²) in [6.07, 6.45) is 2.37. The molecule has 0 aliphatic carbocycles. The fraction of sp³-hybridized carbons (Fsp3) is 0.765. The molecule has 2 N–H and O–H groups in total. The molecule has 1 aliphatic heterocycles. The summed E-state index contributed by atoms with van der Waals surface area (Å²) in [5.74, 6) is 0.197. The van der Waals surface area contributed by atoms with Crippen LogP contribution in [0.25, 0.3) is 0 Å². The molecule has 130 valence electrons. The zero-order valence-electron chi connectivity index (χ0n) is 14.6. The van der Waals surface area contributed by atoms with E-state index in [1.807, 2.05) is 4.90 Å². The third-order valence-electron chi connectivity index (χ3n) is 4.36. The fourth-order valence-corrected chi connectivity index (χ4v) is 3.77. The second kappa shape index (κ2) is 7.62. The molecule has 5 nitrogen and oxygen atoms in total. The molecule has 2 rings (SSSR count). The molecule has 2 atom stereocenters. The number of aliphatic hydroxyl groups is 1. The molecule has 1 aromatic rings. The zero-order valence-corrected chi connectivity index (χ0v) is 15.4. The molecule has 2 unspecified atom stereocenters. The summed E-state index contributed by atoms with van der Waals surface area (Å²) in [5.41, 5.74) is 1.18. The minimum absolute atomic E-state index is 0.0250. The second-order valence-corrected chi connectivity index (χ2v) is 8.39. The molecule has 1 aliphatic rings. The van der Waals surface area contributed by atoms with Gasteiger partial charge in [-0.15, -0.1) is 11.3 Å². The number of hydrogen-bond donors (Lipinski definition) is 2. The number of rotatable bonds is 4. The van der Waals surface area contributed by atoms with Gasteiger partial charge in [0.1, 0.15) is 0 Å². The minimum atomic E-state index is -0.350. The summed E-state index contributed by atoms with van der Waals surface area (Å²) in [7, 11) is 0. The van der Waals surface area contributed by atoms with Crippen molar-refractivity contribution in [1.29, 1.82) is 0 Å². The van der Waals surface area contributed by atoms with Gasteiger partial charge < -0.3 is 15.3 Å². The largest absolute Gasteiger partial charge is 0.393 e. The van der Waals surface area contributed by atoms with Crippen LogP contribution in [0.2, 0.25) is 0 Å². The van der Waals surface area contributed by atoms with Gasteiger partial charge >= 0.3 is 6.03 Å². The van der Waals surface area contributed by atoms with Crippen molar-refractivity contribution in [1.82, 2.24) is 15.2 Å². The molecule has 1 saturated heterocycles. The number of piperidine rings is 1. The number of amides is 2. The van der Waals surface area contributed by atoms with Gasteiger partial charge in [-0.3, -0.25) is 0 Å². The highest BCUT2D eigenvalue weighted by Crippen LogP contribution is 2.24. The van der Waals surface area contributed by atoms with E-state index in [1.54, 1.807) is 18.3 Å². The smallest absolute Gasteiger partial charge is 0.317 e. The molecule has 23 heavy (non-hydrogen) atoms. The lowest BCUT2D eigenvalue weighted by molar-refractivity contribution is 0.0740. The maximum absolute atomic E-state index is 12.2. The predicted molar refractivity (Wildman–Crippen MR) is 93.9 cm³/mol. The van der Waals surface area contributed by atoms with E-state index in [1.165, 1.54) is 0 Å².